The molecule has 0 saturated carbocycles. The van der Waals surface area contributed by atoms with E-state index in [0.717, 1.165) is 19.1 Å². The maximum absolute atomic E-state index is 6.05. The van der Waals surface area contributed by atoms with E-state index in [0.29, 0.717) is 6.04 Å². The number of rotatable bonds is 3. The van der Waals surface area contributed by atoms with Crippen LogP contribution in [-0.4, -0.2) is 48.1 Å². The summed E-state index contributed by atoms with van der Waals surface area (Å²) in [4.78, 5) is 5.25. The molecule has 2 atom stereocenters. The minimum atomic E-state index is 0.415. The lowest BCUT2D eigenvalue weighted by atomic mass is 10.1. The summed E-state index contributed by atoms with van der Waals surface area (Å²) in [6.07, 6.45) is 5.16. The molecule has 2 aliphatic rings. The highest BCUT2D eigenvalue weighted by molar-refractivity contribution is 5.14. The number of hydrogen-bond donors (Lipinski definition) is 1. The van der Waals surface area contributed by atoms with Crippen LogP contribution in [0.3, 0.4) is 0 Å². The third kappa shape index (κ3) is 3.60. The van der Waals surface area contributed by atoms with Crippen LogP contribution in [0.5, 0.6) is 0 Å². The Morgan fingerprint density at radius 2 is 1.85 bits per heavy atom. The Morgan fingerprint density at radius 1 is 1.00 bits per heavy atom. The molecule has 0 amide bonds. The normalized spacial score (nSPS) is 29.4. The van der Waals surface area contributed by atoms with E-state index >= 15 is 0 Å². The van der Waals surface area contributed by atoms with Gasteiger partial charge in [-0.25, -0.2) is 0 Å². The van der Waals surface area contributed by atoms with E-state index < -0.39 is 0 Å². The number of nitrogens with two attached hydrogens (primary N) is 1. The molecule has 1 aromatic rings. The van der Waals surface area contributed by atoms with Gasteiger partial charge < -0.3 is 5.73 Å². The molecular formula is C17H27N3. The summed E-state index contributed by atoms with van der Waals surface area (Å²) >= 11 is 0. The molecule has 20 heavy (non-hydrogen) atoms. The maximum Gasteiger partial charge on any atom is 0.0233 e. The molecule has 0 radical (unpaired) electrons. The van der Waals surface area contributed by atoms with Gasteiger partial charge in [-0.2, -0.15) is 0 Å². The first-order chi connectivity index (χ1) is 9.81. The van der Waals surface area contributed by atoms with Gasteiger partial charge in [0.25, 0.3) is 0 Å². The third-order valence-electron chi connectivity index (χ3n) is 4.81. The smallest absolute Gasteiger partial charge is 0.0233 e. The van der Waals surface area contributed by atoms with Gasteiger partial charge in [0.2, 0.25) is 0 Å². The van der Waals surface area contributed by atoms with E-state index in [4.69, 9.17) is 5.73 Å². The number of hydrogen-bond acceptors (Lipinski definition) is 3. The fourth-order valence-electron chi connectivity index (χ4n) is 3.65. The van der Waals surface area contributed by atoms with Gasteiger partial charge in [-0.05, 0) is 44.3 Å². The zero-order valence-electron chi connectivity index (χ0n) is 12.4. The highest BCUT2D eigenvalue weighted by Crippen LogP contribution is 2.21. The van der Waals surface area contributed by atoms with Crippen molar-refractivity contribution in [1.29, 1.82) is 0 Å². The highest BCUT2D eigenvalue weighted by atomic mass is 15.2. The van der Waals surface area contributed by atoms with E-state index in [1.54, 1.807) is 0 Å². The molecule has 0 aliphatic carbocycles. The van der Waals surface area contributed by atoms with Crippen LogP contribution in [0, 0.1) is 0 Å². The number of benzene rings is 1. The van der Waals surface area contributed by atoms with Crippen LogP contribution in [-0.2, 0) is 6.54 Å². The monoisotopic (exact) mass is 273 g/mol. The Labute approximate surface area is 122 Å². The van der Waals surface area contributed by atoms with Gasteiger partial charge in [0.15, 0.2) is 0 Å². The molecule has 2 heterocycles. The number of nitrogens with zero attached hydrogens (tertiary/aromatic N) is 2. The van der Waals surface area contributed by atoms with Gasteiger partial charge in [0, 0.05) is 31.7 Å². The first-order valence-electron chi connectivity index (χ1n) is 8.07. The van der Waals surface area contributed by atoms with Crippen molar-refractivity contribution in [1.82, 2.24) is 9.80 Å². The Hall–Kier alpha value is -0.900. The van der Waals surface area contributed by atoms with Gasteiger partial charge in [0.05, 0.1) is 0 Å². The zero-order valence-corrected chi connectivity index (χ0v) is 12.4. The second-order valence-corrected chi connectivity index (χ2v) is 6.39. The second-order valence-electron chi connectivity index (χ2n) is 6.39. The van der Waals surface area contributed by atoms with Gasteiger partial charge in [-0.3, -0.25) is 9.80 Å². The predicted octanol–water partition coefficient (Wildman–Crippen LogP) is 2.07. The van der Waals surface area contributed by atoms with Crippen LogP contribution in [0.25, 0.3) is 0 Å². The van der Waals surface area contributed by atoms with Gasteiger partial charge in [0.1, 0.15) is 0 Å². The summed E-state index contributed by atoms with van der Waals surface area (Å²) in [6.45, 7) is 5.90. The molecule has 2 saturated heterocycles. The van der Waals surface area contributed by atoms with E-state index in [9.17, 15) is 0 Å². The Morgan fingerprint density at radius 3 is 2.60 bits per heavy atom. The third-order valence-corrected chi connectivity index (χ3v) is 4.81. The highest BCUT2D eigenvalue weighted by Gasteiger charge is 2.27. The van der Waals surface area contributed by atoms with Crippen LogP contribution >= 0.6 is 0 Å². The standard InChI is InChI=1S/C17H27N3/c18-16-8-12-20(14-16)17-7-4-10-19(11-9-17)13-15-5-2-1-3-6-15/h1-3,5-6,16-17H,4,7-14,18H2. The summed E-state index contributed by atoms with van der Waals surface area (Å²) in [7, 11) is 0. The largest absolute Gasteiger partial charge is 0.326 e. The van der Waals surface area contributed by atoms with Crippen molar-refractivity contribution in [3.63, 3.8) is 0 Å². The molecule has 0 spiro atoms. The average Bonchev–Trinajstić information content (AvgIpc) is 2.76. The summed E-state index contributed by atoms with van der Waals surface area (Å²) in [5.74, 6) is 0. The average molecular weight is 273 g/mol. The van der Waals surface area contributed by atoms with E-state index in [1.165, 1.54) is 50.9 Å². The lowest BCUT2D eigenvalue weighted by molar-refractivity contribution is 0.211. The Balaban J connectivity index is 1.52. The van der Waals surface area contributed by atoms with Crippen LogP contribution in [0.2, 0.25) is 0 Å². The first kappa shape index (κ1) is 14.1. The van der Waals surface area contributed by atoms with Crippen molar-refractivity contribution in [3.8, 4) is 0 Å². The number of likely N-dealkylation sites (tertiary alicyclic amines) is 2. The molecule has 2 unspecified atom stereocenters. The first-order valence-corrected chi connectivity index (χ1v) is 8.07. The van der Waals surface area contributed by atoms with Crippen molar-refractivity contribution in [2.45, 2.75) is 44.3 Å². The molecular weight excluding hydrogens is 246 g/mol. The maximum atomic E-state index is 6.05. The molecule has 3 nitrogen and oxygen atoms in total. The molecule has 1 aromatic carbocycles. The summed E-state index contributed by atoms with van der Waals surface area (Å²) in [5, 5.41) is 0. The lowest BCUT2D eigenvalue weighted by Crippen LogP contribution is -2.36. The SMILES string of the molecule is NC1CCN(C2CCCN(Cc3ccccc3)CC2)C1. The molecule has 0 bridgehead atoms. The fraction of sp³-hybridized carbons (Fsp3) is 0.647. The van der Waals surface area contributed by atoms with E-state index in [1.807, 2.05) is 0 Å². The quantitative estimate of drug-likeness (QED) is 0.915. The van der Waals surface area contributed by atoms with Crippen molar-refractivity contribution in [2.75, 3.05) is 26.2 Å². The van der Waals surface area contributed by atoms with Gasteiger partial charge in [-0.15, -0.1) is 0 Å². The molecule has 0 aromatic heterocycles. The fourth-order valence-corrected chi connectivity index (χ4v) is 3.65. The minimum absolute atomic E-state index is 0.415. The molecule has 2 N–H and O–H groups in total. The Bertz CT molecular complexity index is 406. The van der Waals surface area contributed by atoms with Crippen LogP contribution < -0.4 is 5.73 Å². The van der Waals surface area contributed by atoms with Crippen molar-refractivity contribution in [2.24, 2.45) is 5.73 Å². The van der Waals surface area contributed by atoms with Crippen molar-refractivity contribution in [3.05, 3.63) is 35.9 Å². The summed E-state index contributed by atoms with van der Waals surface area (Å²) in [6, 6.07) is 12.0. The van der Waals surface area contributed by atoms with Gasteiger partial charge in [-0.1, -0.05) is 30.3 Å². The lowest BCUT2D eigenvalue weighted by Gasteiger charge is -2.26. The topological polar surface area (TPSA) is 32.5 Å². The molecule has 110 valence electrons. The van der Waals surface area contributed by atoms with Crippen molar-refractivity contribution >= 4 is 0 Å². The van der Waals surface area contributed by atoms with E-state index in [-0.39, 0.29) is 0 Å². The van der Waals surface area contributed by atoms with Crippen LogP contribution in [0.1, 0.15) is 31.2 Å². The van der Waals surface area contributed by atoms with E-state index in [2.05, 4.69) is 40.1 Å². The summed E-state index contributed by atoms with van der Waals surface area (Å²) < 4.78 is 0. The Kier molecular flexibility index (Phi) is 4.71. The predicted molar refractivity (Wildman–Crippen MR) is 83.5 cm³/mol. The molecule has 2 aliphatic heterocycles. The molecule has 2 fully saturated rings. The zero-order chi connectivity index (χ0) is 13.8. The minimum Gasteiger partial charge on any atom is -0.326 e. The molecule has 3 heteroatoms. The van der Waals surface area contributed by atoms with Crippen molar-refractivity contribution < 1.29 is 0 Å². The summed E-state index contributed by atoms with van der Waals surface area (Å²) in [5.41, 5.74) is 7.49. The van der Waals surface area contributed by atoms with Gasteiger partial charge >= 0.3 is 0 Å². The second kappa shape index (κ2) is 6.70. The van der Waals surface area contributed by atoms with Crippen LogP contribution in [0.15, 0.2) is 30.3 Å². The van der Waals surface area contributed by atoms with Crippen LogP contribution in [0.4, 0.5) is 0 Å². The molecule has 3 rings (SSSR count).